The SMILES string of the molecule is COc1cccc(F)c1C(O)CCN(C)C1CCSC1. The van der Waals surface area contributed by atoms with E-state index in [9.17, 15) is 9.50 Å². The van der Waals surface area contributed by atoms with Gasteiger partial charge in [-0.2, -0.15) is 11.8 Å². The summed E-state index contributed by atoms with van der Waals surface area (Å²) in [5.74, 6) is 2.36. The first-order chi connectivity index (χ1) is 9.63. The molecule has 1 saturated heterocycles. The molecule has 0 radical (unpaired) electrons. The zero-order chi connectivity index (χ0) is 14.5. The van der Waals surface area contributed by atoms with Crippen LogP contribution in [0, 0.1) is 5.82 Å². The van der Waals surface area contributed by atoms with E-state index in [0.29, 0.717) is 18.2 Å². The molecule has 0 aromatic heterocycles. The Bertz CT molecular complexity index is 438. The van der Waals surface area contributed by atoms with Gasteiger partial charge in [0.25, 0.3) is 0 Å². The van der Waals surface area contributed by atoms with Gasteiger partial charge >= 0.3 is 0 Å². The minimum absolute atomic E-state index is 0.268. The average Bonchev–Trinajstić information content (AvgIpc) is 2.98. The Kier molecular flexibility index (Phi) is 5.69. The monoisotopic (exact) mass is 299 g/mol. The van der Waals surface area contributed by atoms with Gasteiger partial charge in [0, 0.05) is 18.3 Å². The van der Waals surface area contributed by atoms with Crippen LogP contribution in [0.3, 0.4) is 0 Å². The fourth-order valence-corrected chi connectivity index (χ4v) is 3.84. The topological polar surface area (TPSA) is 32.7 Å². The van der Waals surface area contributed by atoms with Crippen molar-refractivity contribution in [1.29, 1.82) is 0 Å². The van der Waals surface area contributed by atoms with Crippen LogP contribution < -0.4 is 4.74 Å². The molecular weight excluding hydrogens is 277 g/mol. The summed E-state index contributed by atoms with van der Waals surface area (Å²) in [6.45, 7) is 0.754. The Balaban J connectivity index is 1.96. The average molecular weight is 299 g/mol. The van der Waals surface area contributed by atoms with Crippen molar-refractivity contribution in [2.45, 2.75) is 25.0 Å². The standard InChI is InChI=1S/C15H22FNO2S/c1-17(11-7-9-20-10-11)8-6-13(18)15-12(16)4-3-5-14(15)19-2/h3-5,11,13,18H,6-10H2,1-2H3. The molecule has 1 heterocycles. The Hall–Kier alpha value is -0.780. The molecule has 0 amide bonds. The third kappa shape index (κ3) is 3.65. The number of benzene rings is 1. The number of ether oxygens (including phenoxy) is 1. The lowest BCUT2D eigenvalue weighted by Gasteiger charge is -2.25. The van der Waals surface area contributed by atoms with E-state index in [-0.39, 0.29) is 5.56 Å². The Labute approximate surface area is 124 Å². The summed E-state index contributed by atoms with van der Waals surface area (Å²) in [7, 11) is 3.56. The van der Waals surface area contributed by atoms with Gasteiger partial charge in [0.2, 0.25) is 0 Å². The maximum absolute atomic E-state index is 13.9. The predicted molar refractivity (Wildman–Crippen MR) is 80.9 cm³/mol. The smallest absolute Gasteiger partial charge is 0.132 e. The minimum atomic E-state index is -0.831. The summed E-state index contributed by atoms with van der Waals surface area (Å²) in [6, 6.07) is 5.21. The van der Waals surface area contributed by atoms with Gasteiger partial charge in [-0.1, -0.05) is 6.07 Å². The second-order valence-electron chi connectivity index (χ2n) is 5.16. The van der Waals surface area contributed by atoms with E-state index in [4.69, 9.17) is 4.74 Å². The largest absolute Gasteiger partial charge is 0.496 e. The van der Waals surface area contributed by atoms with Gasteiger partial charge in [-0.05, 0) is 37.8 Å². The summed E-state index contributed by atoms with van der Waals surface area (Å²) < 4.78 is 19.0. The maximum Gasteiger partial charge on any atom is 0.132 e. The molecule has 0 bridgehead atoms. The van der Waals surface area contributed by atoms with Crippen LogP contribution in [0.4, 0.5) is 4.39 Å². The third-order valence-electron chi connectivity index (χ3n) is 3.85. The third-order valence-corrected chi connectivity index (χ3v) is 5.00. The van der Waals surface area contributed by atoms with Crippen LogP contribution in [-0.2, 0) is 0 Å². The van der Waals surface area contributed by atoms with Crippen LogP contribution >= 0.6 is 11.8 Å². The van der Waals surface area contributed by atoms with Crippen LogP contribution in [0.25, 0.3) is 0 Å². The van der Waals surface area contributed by atoms with Crippen molar-refractivity contribution < 1.29 is 14.2 Å². The van der Waals surface area contributed by atoms with E-state index in [2.05, 4.69) is 11.9 Å². The number of halogens is 1. The fourth-order valence-electron chi connectivity index (χ4n) is 2.54. The zero-order valence-electron chi connectivity index (χ0n) is 12.0. The van der Waals surface area contributed by atoms with Crippen molar-refractivity contribution in [1.82, 2.24) is 4.90 Å². The number of hydrogen-bond acceptors (Lipinski definition) is 4. The molecule has 2 rings (SSSR count). The lowest BCUT2D eigenvalue weighted by molar-refractivity contribution is 0.133. The number of aliphatic hydroxyl groups is 1. The second-order valence-corrected chi connectivity index (χ2v) is 6.31. The molecule has 0 aliphatic carbocycles. The van der Waals surface area contributed by atoms with Gasteiger partial charge in [-0.25, -0.2) is 4.39 Å². The highest BCUT2D eigenvalue weighted by Gasteiger charge is 2.22. The molecular formula is C15H22FNO2S. The van der Waals surface area contributed by atoms with Crippen LogP contribution in [0.1, 0.15) is 24.5 Å². The molecule has 1 aromatic carbocycles. The van der Waals surface area contributed by atoms with Gasteiger partial charge < -0.3 is 14.7 Å². The quantitative estimate of drug-likeness (QED) is 0.875. The number of nitrogens with zero attached hydrogens (tertiary/aromatic N) is 1. The maximum atomic E-state index is 13.9. The van der Waals surface area contributed by atoms with E-state index in [0.717, 1.165) is 12.3 Å². The van der Waals surface area contributed by atoms with E-state index in [1.807, 2.05) is 11.8 Å². The van der Waals surface area contributed by atoms with Crippen molar-refractivity contribution in [2.75, 3.05) is 32.2 Å². The first-order valence-electron chi connectivity index (χ1n) is 6.92. The number of rotatable bonds is 6. The number of methoxy groups -OCH3 is 1. The molecule has 1 N–H and O–H groups in total. The van der Waals surface area contributed by atoms with Crippen molar-refractivity contribution in [3.63, 3.8) is 0 Å². The molecule has 1 fully saturated rings. The Morgan fingerprint density at radius 2 is 2.35 bits per heavy atom. The molecule has 1 aromatic rings. The van der Waals surface area contributed by atoms with E-state index >= 15 is 0 Å². The highest BCUT2D eigenvalue weighted by molar-refractivity contribution is 7.99. The molecule has 3 nitrogen and oxygen atoms in total. The lowest BCUT2D eigenvalue weighted by Crippen LogP contribution is -2.33. The first-order valence-corrected chi connectivity index (χ1v) is 8.07. The molecule has 20 heavy (non-hydrogen) atoms. The zero-order valence-corrected chi connectivity index (χ0v) is 12.8. The van der Waals surface area contributed by atoms with Gasteiger partial charge in [0.1, 0.15) is 11.6 Å². The molecule has 112 valence electrons. The van der Waals surface area contributed by atoms with Crippen molar-refractivity contribution >= 4 is 11.8 Å². The fraction of sp³-hybridized carbons (Fsp3) is 0.600. The summed E-state index contributed by atoms with van der Waals surface area (Å²) in [6.07, 6.45) is 0.873. The lowest BCUT2D eigenvalue weighted by atomic mass is 10.0. The molecule has 2 atom stereocenters. The minimum Gasteiger partial charge on any atom is -0.496 e. The Morgan fingerprint density at radius 1 is 1.55 bits per heavy atom. The van der Waals surface area contributed by atoms with Crippen molar-refractivity contribution in [3.8, 4) is 5.75 Å². The van der Waals surface area contributed by atoms with Crippen LogP contribution in [-0.4, -0.2) is 48.3 Å². The normalized spacial score (nSPS) is 20.4. The molecule has 2 unspecified atom stereocenters. The Morgan fingerprint density at radius 3 is 3.00 bits per heavy atom. The highest BCUT2D eigenvalue weighted by Crippen LogP contribution is 2.30. The van der Waals surface area contributed by atoms with E-state index < -0.39 is 11.9 Å². The number of hydrogen-bond donors (Lipinski definition) is 1. The van der Waals surface area contributed by atoms with Crippen LogP contribution in [0.15, 0.2) is 18.2 Å². The summed E-state index contributed by atoms with van der Waals surface area (Å²) in [4.78, 5) is 2.26. The van der Waals surface area contributed by atoms with Gasteiger partial charge in [-0.3, -0.25) is 0 Å². The summed E-state index contributed by atoms with van der Waals surface area (Å²) in [5, 5.41) is 10.3. The van der Waals surface area contributed by atoms with Gasteiger partial charge in [0.05, 0.1) is 18.8 Å². The molecule has 0 spiro atoms. The second kappa shape index (κ2) is 7.29. The highest BCUT2D eigenvalue weighted by atomic mass is 32.2. The van der Waals surface area contributed by atoms with Gasteiger partial charge in [-0.15, -0.1) is 0 Å². The van der Waals surface area contributed by atoms with Crippen LogP contribution in [0.2, 0.25) is 0 Å². The molecule has 0 saturated carbocycles. The number of aliphatic hydroxyl groups excluding tert-OH is 1. The predicted octanol–water partition coefficient (Wildman–Crippen LogP) is 2.70. The van der Waals surface area contributed by atoms with E-state index in [1.165, 1.54) is 25.3 Å². The van der Waals surface area contributed by atoms with Gasteiger partial charge in [0.15, 0.2) is 0 Å². The summed E-state index contributed by atoms with van der Waals surface area (Å²) >= 11 is 1.97. The van der Waals surface area contributed by atoms with Crippen molar-refractivity contribution in [3.05, 3.63) is 29.6 Å². The molecule has 5 heteroatoms. The van der Waals surface area contributed by atoms with Crippen molar-refractivity contribution in [2.24, 2.45) is 0 Å². The summed E-state index contributed by atoms with van der Waals surface area (Å²) in [5.41, 5.74) is 0.268. The molecule has 1 aliphatic rings. The number of thioether (sulfide) groups is 1. The molecule has 1 aliphatic heterocycles. The first kappa shape index (κ1) is 15.6. The van der Waals surface area contributed by atoms with E-state index in [1.54, 1.807) is 12.1 Å². The van der Waals surface area contributed by atoms with Crippen LogP contribution in [0.5, 0.6) is 5.75 Å².